The lowest BCUT2D eigenvalue weighted by molar-refractivity contribution is -0.117. The van der Waals surface area contributed by atoms with Crippen molar-refractivity contribution in [2.24, 2.45) is 0 Å². The normalized spacial score (nSPS) is 10.2. The fraction of sp³-hybridized carbons (Fsp3) is 0.286. The van der Waals surface area contributed by atoms with Gasteiger partial charge in [0.1, 0.15) is 5.82 Å². The molecule has 8 heteroatoms. The summed E-state index contributed by atoms with van der Waals surface area (Å²) in [4.78, 5) is 27.4. The number of hydrogen-bond donors (Lipinski definition) is 3. The van der Waals surface area contributed by atoms with Gasteiger partial charge in [0.2, 0.25) is 11.1 Å². The van der Waals surface area contributed by atoms with Crippen LogP contribution in [0.25, 0.3) is 0 Å². The Kier molecular flexibility index (Phi) is 5.96. The number of aromatic nitrogens is 3. The third-order valence-corrected chi connectivity index (χ3v) is 3.57. The fourth-order valence-electron chi connectivity index (χ4n) is 1.62. The minimum absolute atomic E-state index is 0.0831. The van der Waals surface area contributed by atoms with Crippen LogP contribution in [0.3, 0.4) is 0 Å². The first-order valence-corrected chi connectivity index (χ1v) is 7.81. The van der Waals surface area contributed by atoms with Crippen molar-refractivity contribution in [3.8, 4) is 0 Å². The average molecular weight is 319 g/mol. The molecule has 1 aromatic heterocycles. The van der Waals surface area contributed by atoms with Gasteiger partial charge in [-0.05, 0) is 5.56 Å². The Morgan fingerprint density at radius 2 is 2.05 bits per heavy atom. The van der Waals surface area contributed by atoms with Crippen molar-refractivity contribution < 1.29 is 9.59 Å². The minimum Gasteiger partial charge on any atom is -0.334 e. The number of amides is 3. The van der Waals surface area contributed by atoms with E-state index < -0.39 is 11.9 Å². The molecule has 2 rings (SSSR count). The molecule has 22 heavy (non-hydrogen) atoms. The molecule has 0 saturated carbocycles. The summed E-state index contributed by atoms with van der Waals surface area (Å²) in [5.74, 6) is 0.460. The zero-order valence-electron chi connectivity index (χ0n) is 12.1. The van der Waals surface area contributed by atoms with E-state index in [1.807, 2.05) is 37.3 Å². The van der Waals surface area contributed by atoms with Crippen LogP contribution in [0.2, 0.25) is 0 Å². The van der Waals surface area contributed by atoms with Gasteiger partial charge in [0, 0.05) is 13.0 Å². The second-order valence-corrected chi connectivity index (χ2v) is 5.37. The number of rotatable bonds is 6. The maximum atomic E-state index is 11.7. The number of carbonyl (C=O) groups excluding carboxylic acids is 2. The van der Waals surface area contributed by atoms with Crippen LogP contribution in [0, 0.1) is 0 Å². The molecule has 2 aromatic rings. The van der Waals surface area contributed by atoms with Crippen LogP contribution < -0.4 is 10.6 Å². The number of nitrogens with zero attached hydrogens (tertiary/aromatic N) is 2. The summed E-state index contributed by atoms with van der Waals surface area (Å²) in [5.41, 5.74) is 0.965. The van der Waals surface area contributed by atoms with Crippen LogP contribution in [0.15, 0.2) is 35.5 Å². The smallest absolute Gasteiger partial charge is 0.321 e. The number of urea groups is 1. The van der Waals surface area contributed by atoms with Gasteiger partial charge >= 0.3 is 6.03 Å². The van der Waals surface area contributed by atoms with E-state index in [-0.39, 0.29) is 5.75 Å². The van der Waals surface area contributed by atoms with Gasteiger partial charge in [-0.25, -0.2) is 9.78 Å². The van der Waals surface area contributed by atoms with Crippen molar-refractivity contribution in [3.63, 3.8) is 0 Å². The third kappa shape index (κ3) is 5.21. The van der Waals surface area contributed by atoms with E-state index in [9.17, 15) is 9.59 Å². The Morgan fingerprint density at radius 3 is 2.73 bits per heavy atom. The highest BCUT2D eigenvalue weighted by molar-refractivity contribution is 7.99. The SMILES string of the molecule is CCc1nc(SCC(=O)NC(=O)NCc2ccccc2)n[nH]1. The molecule has 0 saturated heterocycles. The zero-order chi connectivity index (χ0) is 15.8. The summed E-state index contributed by atoms with van der Waals surface area (Å²) in [7, 11) is 0. The first-order valence-electron chi connectivity index (χ1n) is 6.83. The molecular formula is C14H17N5O2S. The maximum absolute atomic E-state index is 11.7. The quantitative estimate of drug-likeness (QED) is 0.700. The largest absolute Gasteiger partial charge is 0.334 e. The number of thioether (sulfide) groups is 1. The highest BCUT2D eigenvalue weighted by atomic mass is 32.2. The second-order valence-electron chi connectivity index (χ2n) is 4.42. The third-order valence-electron chi connectivity index (χ3n) is 2.73. The molecule has 0 bridgehead atoms. The van der Waals surface area contributed by atoms with Crippen LogP contribution in [-0.4, -0.2) is 32.9 Å². The molecule has 0 radical (unpaired) electrons. The Hall–Kier alpha value is -2.35. The lowest BCUT2D eigenvalue weighted by atomic mass is 10.2. The fourth-order valence-corrected chi connectivity index (χ4v) is 2.23. The number of carbonyl (C=O) groups is 2. The number of benzene rings is 1. The molecule has 0 aliphatic carbocycles. The number of nitrogens with one attached hydrogen (secondary N) is 3. The minimum atomic E-state index is -0.515. The molecule has 0 aliphatic rings. The van der Waals surface area contributed by atoms with Crippen molar-refractivity contribution in [3.05, 3.63) is 41.7 Å². The van der Waals surface area contributed by atoms with Crippen molar-refractivity contribution in [2.45, 2.75) is 25.0 Å². The number of H-pyrrole nitrogens is 1. The van der Waals surface area contributed by atoms with E-state index in [0.29, 0.717) is 11.7 Å². The van der Waals surface area contributed by atoms with E-state index in [2.05, 4.69) is 25.8 Å². The van der Waals surface area contributed by atoms with Crippen molar-refractivity contribution in [2.75, 3.05) is 5.75 Å². The van der Waals surface area contributed by atoms with Crippen LogP contribution in [-0.2, 0) is 17.8 Å². The molecule has 7 nitrogen and oxygen atoms in total. The number of hydrogen-bond acceptors (Lipinski definition) is 5. The Labute approximate surface area is 132 Å². The van der Waals surface area contributed by atoms with Gasteiger partial charge < -0.3 is 5.32 Å². The van der Waals surface area contributed by atoms with Gasteiger partial charge in [0.15, 0.2) is 0 Å². The Bertz CT molecular complexity index is 629. The molecular weight excluding hydrogens is 302 g/mol. The molecule has 0 spiro atoms. The molecule has 0 fully saturated rings. The van der Waals surface area contributed by atoms with Gasteiger partial charge in [0.05, 0.1) is 5.75 Å². The molecule has 1 heterocycles. The predicted octanol–water partition coefficient (Wildman–Crippen LogP) is 1.49. The Balaban J connectivity index is 1.68. The summed E-state index contributed by atoms with van der Waals surface area (Å²) in [6.07, 6.45) is 0.752. The predicted molar refractivity (Wildman–Crippen MR) is 83.3 cm³/mol. The van der Waals surface area contributed by atoms with E-state index in [1.54, 1.807) is 0 Å². The van der Waals surface area contributed by atoms with Gasteiger partial charge in [-0.1, -0.05) is 49.0 Å². The number of aromatic amines is 1. The standard InChI is InChI=1S/C14H17N5O2S/c1-2-11-16-14(19-18-11)22-9-12(20)17-13(21)15-8-10-6-4-3-5-7-10/h3-7H,2,8-9H2,1H3,(H,16,18,19)(H2,15,17,20,21). The highest BCUT2D eigenvalue weighted by Crippen LogP contribution is 2.11. The Morgan fingerprint density at radius 1 is 1.27 bits per heavy atom. The number of imide groups is 1. The maximum Gasteiger partial charge on any atom is 0.321 e. The van der Waals surface area contributed by atoms with Gasteiger partial charge in [-0.3, -0.25) is 15.2 Å². The summed E-state index contributed by atoms with van der Waals surface area (Å²) >= 11 is 1.18. The van der Waals surface area contributed by atoms with Gasteiger partial charge in [0.25, 0.3) is 0 Å². The zero-order valence-corrected chi connectivity index (χ0v) is 12.9. The topological polar surface area (TPSA) is 99.8 Å². The van der Waals surface area contributed by atoms with Crippen LogP contribution >= 0.6 is 11.8 Å². The first-order chi connectivity index (χ1) is 10.7. The van der Waals surface area contributed by atoms with E-state index in [1.165, 1.54) is 11.8 Å². The van der Waals surface area contributed by atoms with Gasteiger partial charge in [-0.2, -0.15) is 0 Å². The van der Waals surface area contributed by atoms with Crippen LogP contribution in [0.1, 0.15) is 18.3 Å². The lowest BCUT2D eigenvalue weighted by Gasteiger charge is -2.06. The monoisotopic (exact) mass is 319 g/mol. The molecule has 3 N–H and O–H groups in total. The molecule has 3 amide bonds. The van der Waals surface area contributed by atoms with E-state index in [4.69, 9.17) is 0 Å². The first kappa shape index (κ1) is 16.0. The highest BCUT2D eigenvalue weighted by Gasteiger charge is 2.10. The van der Waals surface area contributed by atoms with Crippen molar-refractivity contribution in [1.82, 2.24) is 25.8 Å². The molecule has 0 unspecified atom stereocenters. The molecule has 1 aromatic carbocycles. The molecule has 116 valence electrons. The van der Waals surface area contributed by atoms with Crippen molar-refractivity contribution in [1.29, 1.82) is 0 Å². The summed E-state index contributed by atoms with van der Waals surface area (Å²) < 4.78 is 0. The van der Waals surface area contributed by atoms with Crippen molar-refractivity contribution >= 4 is 23.7 Å². The second kappa shape index (κ2) is 8.18. The number of aryl methyl sites for hydroxylation is 1. The summed E-state index contributed by atoms with van der Waals surface area (Å²) in [6, 6.07) is 8.95. The van der Waals surface area contributed by atoms with E-state index in [0.717, 1.165) is 17.8 Å². The van der Waals surface area contributed by atoms with Crippen LogP contribution in [0.5, 0.6) is 0 Å². The molecule has 0 atom stereocenters. The summed E-state index contributed by atoms with van der Waals surface area (Å²) in [6.45, 7) is 2.33. The lowest BCUT2D eigenvalue weighted by Crippen LogP contribution is -2.39. The molecule has 0 aliphatic heterocycles. The summed E-state index contributed by atoms with van der Waals surface area (Å²) in [5, 5.41) is 12.1. The van der Waals surface area contributed by atoms with Crippen LogP contribution in [0.4, 0.5) is 4.79 Å². The van der Waals surface area contributed by atoms with E-state index >= 15 is 0 Å². The van der Waals surface area contributed by atoms with Gasteiger partial charge in [-0.15, -0.1) is 5.10 Å². The average Bonchev–Trinajstić information content (AvgIpc) is 3.00.